The van der Waals surface area contributed by atoms with Gasteiger partial charge in [0, 0.05) is 25.1 Å². The number of thioether (sulfide) groups is 1. The Morgan fingerprint density at radius 3 is 2.44 bits per heavy atom. The lowest BCUT2D eigenvalue weighted by atomic mass is 9.92. The van der Waals surface area contributed by atoms with E-state index in [1.54, 1.807) is 12.0 Å². The minimum absolute atomic E-state index is 0.00502. The molecule has 0 aliphatic carbocycles. The summed E-state index contributed by atoms with van der Waals surface area (Å²) < 4.78 is 5.63. The van der Waals surface area contributed by atoms with Crippen LogP contribution in [0.5, 0.6) is 5.75 Å². The van der Waals surface area contributed by atoms with Gasteiger partial charge in [0.15, 0.2) is 0 Å². The highest BCUT2D eigenvalue weighted by atomic mass is 32.2. The van der Waals surface area contributed by atoms with Gasteiger partial charge >= 0.3 is 0 Å². The molecule has 1 N–H and O–H groups in total. The summed E-state index contributed by atoms with van der Waals surface area (Å²) in [6.45, 7) is 1.95. The number of nitrogens with one attached hydrogen (secondary N) is 1. The van der Waals surface area contributed by atoms with Gasteiger partial charge in [-0.15, -0.1) is 0 Å². The zero-order valence-corrected chi connectivity index (χ0v) is 21.1. The van der Waals surface area contributed by atoms with Crippen LogP contribution in [0, 0.1) is 0 Å². The van der Waals surface area contributed by atoms with E-state index >= 15 is 0 Å². The van der Waals surface area contributed by atoms with Gasteiger partial charge in [0.25, 0.3) is 11.1 Å². The van der Waals surface area contributed by atoms with Crippen LogP contribution in [0.2, 0.25) is 0 Å². The van der Waals surface area contributed by atoms with Gasteiger partial charge in [-0.05, 0) is 67.0 Å². The van der Waals surface area contributed by atoms with Gasteiger partial charge in [-0.25, -0.2) is 0 Å². The lowest BCUT2D eigenvalue weighted by Gasteiger charge is -2.32. The van der Waals surface area contributed by atoms with Crippen molar-refractivity contribution < 1.29 is 23.9 Å². The third-order valence-corrected chi connectivity index (χ3v) is 8.06. The van der Waals surface area contributed by atoms with Gasteiger partial charge in [-0.1, -0.05) is 30.0 Å². The van der Waals surface area contributed by atoms with Crippen molar-refractivity contribution in [2.24, 2.45) is 0 Å². The van der Waals surface area contributed by atoms with Crippen molar-refractivity contribution in [1.29, 1.82) is 0 Å². The number of carbonyl (C=O) groups excluding carboxylic acids is 4. The van der Waals surface area contributed by atoms with Crippen molar-refractivity contribution in [3.05, 3.63) is 58.7 Å². The minimum Gasteiger partial charge on any atom is -0.495 e. The molecular weight excluding hydrogens is 478 g/mol. The lowest BCUT2D eigenvalue weighted by Crippen LogP contribution is -2.36. The number of likely N-dealkylation sites (tertiary alicyclic amines) is 1. The van der Waals surface area contributed by atoms with E-state index in [1.807, 2.05) is 41.3 Å². The number of amides is 4. The van der Waals surface area contributed by atoms with Gasteiger partial charge < -0.3 is 14.5 Å². The third kappa shape index (κ3) is 4.84. The summed E-state index contributed by atoms with van der Waals surface area (Å²) in [6, 6.07) is 11.2. The molecule has 0 radical (unpaired) electrons. The number of anilines is 1. The molecule has 0 aromatic heterocycles. The van der Waals surface area contributed by atoms with Crippen molar-refractivity contribution in [1.82, 2.24) is 10.2 Å². The maximum absolute atomic E-state index is 13.1. The smallest absolute Gasteiger partial charge is 0.286 e. The largest absolute Gasteiger partial charge is 0.495 e. The number of nitrogens with zero attached hydrogens (tertiary/aromatic N) is 2. The zero-order chi connectivity index (χ0) is 25.2. The molecule has 0 spiro atoms. The molecule has 2 aromatic carbocycles. The number of hydrogen-bond donors (Lipinski definition) is 1. The molecule has 3 heterocycles. The molecule has 2 fully saturated rings. The maximum Gasteiger partial charge on any atom is 0.286 e. The molecule has 0 bridgehead atoms. The zero-order valence-electron chi connectivity index (χ0n) is 20.2. The molecule has 8 nitrogen and oxygen atoms in total. The predicted octanol–water partition coefficient (Wildman–Crippen LogP) is 3.69. The van der Waals surface area contributed by atoms with E-state index in [2.05, 4.69) is 5.32 Å². The summed E-state index contributed by atoms with van der Waals surface area (Å²) in [4.78, 5) is 53.3. The fraction of sp³-hybridized carbons (Fsp3) is 0.407. The summed E-state index contributed by atoms with van der Waals surface area (Å²) in [6.07, 6.45) is 4.57. The number of fused-ring (bicyclic) bond motifs is 1. The Morgan fingerprint density at radius 2 is 1.78 bits per heavy atom. The molecule has 2 saturated heterocycles. The summed E-state index contributed by atoms with van der Waals surface area (Å²) in [5.41, 5.74) is 4.20. The van der Waals surface area contributed by atoms with E-state index in [0.717, 1.165) is 60.1 Å². The van der Waals surface area contributed by atoms with Crippen LogP contribution in [0.3, 0.4) is 0 Å². The first-order valence-electron chi connectivity index (χ1n) is 12.3. The first kappa shape index (κ1) is 24.4. The SMILES string of the molecule is COc1ccc(CC2SC(=O)NC2=O)c2c1N(Cc1ccc(C(=O)N3CCCCC3)cc1)C(=O)CC2. The monoisotopic (exact) mass is 507 g/mol. The van der Waals surface area contributed by atoms with Gasteiger partial charge in [0.1, 0.15) is 5.75 Å². The van der Waals surface area contributed by atoms with Gasteiger partial charge in [0.2, 0.25) is 11.8 Å². The maximum atomic E-state index is 13.1. The molecule has 0 saturated carbocycles. The van der Waals surface area contributed by atoms with Crippen LogP contribution in [0.4, 0.5) is 10.5 Å². The van der Waals surface area contributed by atoms with Crippen molar-refractivity contribution in [2.75, 3.05) is 25.1 Å². The Bertz CT molecular complexity index is 1210. The average Bonchev–Trinajstić information content (AvgIpc) is 3.22. The number of ether oxygens (including phenoxy) is 1. The van der Waals surface area contributed by atoms with Crippen molar-refractivity contribution in [2.45, 2.75) is 50.3 Å². The molecule has 3 aliphatic heterocycles. The first-order chi connectivity index (χ1) is 17.4. The molecular formula is C27H29N3O5S. The van der Waals surface area contributed by atoms with Crippen molar-refractivity contribution in [3.63, 3.8) is 0 Å². The summed E-state index contributed by atoms with van der Waals surface area (Å²) in [5, 5.41) is 1.53. The predicted molar refractivity (Wildman–Crippen MR) is 137 cm³/mol. The average molecular weight is 508 g/mol. The number of imide groups is 1. The topological polar surface area (TPSA) is 96.0 Å². The van der Waals surface area contributed by atoms with Gasteiger partial charge in [0.05, 0.1) is 24.6 Å². The highest BCUT2D eigenvalue weighted by molar-refractivity contribution is 8.15. The van der Waals surface area contributed by atoms with Crippen molar-refractivity contribution in [3.8, 4) is 5.75 Å². The standard InChI is InChI=1S/C27H29N3O5S/c1-35-21-11-9-19(15-22-25(32)28-27(34)36-22)20-10-12-23(31)30(24(20)21)16-17-5-7-18(8-6-17)26(33)29-13-3-2-4-14-29/h5-9,11,22H,2-4,10,12-16H2,1H3,(H,28,32,34). The second kappa shape index (κ2) is 10.3. The fourth-order valence-corrected chi connectivity index (χ4v) is 6.04. The van der Waals surface area contributed by atoms with Crippen LogP contribution in [0.25, 0.3) is 0 Å². The number of rotatable bonds is 6. The Kier molecular flexibility index (Phi) is 7.00. The Morgan fingerprint density at radius 1 is 1.03 bits per heavy atom. The van der Waals surface area contributed by atoms with Crippen molar-refractivity contribution >= 4 is 40.4 Å². The van der Waals surface area contributed by atoms with Crippen LogP contribution in [-0.2, 0) is 29.0 Å². The number of methoxy groups -OCH3 is 1. The second-order valence-corrected chi connectivity index (χ2v) is 10.5. The molecule has 1 atom stereocenters. The molecule has 4 amide bonds. The van der Waals surface area contributed by atoms with E-state index in [0.29, 0.717) is 37.1 Å². The van der Waals surface area contributed by atoms with Crippen LogP contribution < -0.4 is 15.0 Å². The molecule has 188 valence electrons. The number of piperidine rings is 1. The summed E-state index contributed by atoms with van der Waals surface area (Å²) >= 11 is 1.00. The second-order valence-electron chi connectivity index (χ2n) is 9.37. The summed E-state index contributed by atoms with van der Waals surface area (Å²) in [7, 11) is 1.58. The fourth-order valence-electron chi connectivity index (χ4n) is 5.19. The minimum atomic E-state index is -0.481. The van der Waals surface area contributed by atoms with E-state index in [4.69, 9.17) is 4.74 Å². The van der Waals surface area contributed by atoms with Crippen LogP contribution in [-0.4, -0.2) is 53.3 Å². The molecule has 36 heavy (non-hydrogen) atoms. The number of hydrogen-bond acceptors (Lipinski definition) is 6. The van der Waals surface area contributed by atoms with Gasteiger partial charge in [-0.2, -0.15) is 0 Å². The van der Waals surface area contributed by atoms with E-state index in [9.17, 15) is 19.2 Å². The molecule has 5 rings (SSSR count). The Hall–Kier alpha value is -3.33. The van der Waals surface area contributed by atoms with E-state index in [-0.39, 0.29) is 23.0 Å². The van der Waals surface area contributed by atoms with Crippen LogP contribution in [0.15, 0.2) is 36.4 Å². The highest BCUT2D eigenvalue weighted by Crippen LogP contribution is 2.41. The Balaban J connectivity index is 1.39. The van der Waals surface area contributed by atoms with E-state index < -0.39 is 5.25 Å². The summed E-state index contributed by atoms with van der Waals surface area (Å²) in [5.74, 6) is 0.365. The normalized spacial score (nSPS) is 19.8. The van der Waals surface area contributed by atoms with Crippen LogP contribution >= 0.6 is 11.8 Å². The lowest BCUT2D eigenvalue weighted by molar-refractivity contribution is -0.119. The number of benzene rings is 2. The first-order valence-corrected chi connectivity index (χ1v) is 13.2. The van der Waals surface area contributed by atoms with Gasteiger partial charge in [-0.3, -0.25) is 24.5 Å². The number of carbonyl (C=O) groups is 4. The molecule has 2 aromatic rings. The van der Waals surface area contributed by atoms with E-state index in [1.165, 1.54) is 6.42 Å². The third-order valence-electron chi connectivity index (χ3n) is 7.08. The molecule has 9 heteroatoms. The Labute approximate surface area is 214 Å². The highest BCUT2D eigenvalue weighted by Gasteiger charge is 2.35. The molecule has 3 aliphatic rings. The molecule has 1 unspecified atom stereocenters. The van der Waals surface area contributed by atoms with Crippen LogP contribution in [0.1, 0.15) is 52.7 Å². The quantitative estimate of drug-likeness (QED) is 0.641.